The number of aryl methyl sites for hydroxylation is 1. The van der Waals surface area contributed by atoms with Crippen LogP contribution in [0.5, 0.6) is 0 Å². The van der Waals surface area contributed by atoms with Crippen molar-refractivity contribution in [3.05, 3.63) is 54.6 Å². The Kier molecular flexibility index (Phi) is 1.96. The number of pyridine rings is 2. The van der Waals surface area contributed by atoms with Gasteiger partial charge in [0.05, 0.1) is 5.69 Å². The monoisotopic (exact) mass is 209 g/mol. The van der Waals surface area contributed by atoms with E-state index in [2.05, 4.69) is 16.0 Å². The SMILES string of the molecule is Cc1cccc(-c2ccn3ccnc3c2)n1. The van der Waals surface area contributed by atoms with E-state index >= 15 is 0 Å². The molecule has 0 radical (unpaired) electrons. The minimum Gasteiger partial charge on any atom is -0.307 e. The molecule has 0 bridgehead atoms. The lowest BCUT2D eigenvalue weighted by molar-refractivity contribution is 1.17. The largest absolute Gasteiger partial charge is 0.307 e. The Morgan fingerprint density at radius 2 is 2.06 bits per heavy atom. The summed E-state index contributed by atoms with van der Waals surface area (Å²) in [7, 11) is 0. The molecule has 0 saturated heterocycles. The smallest absolute Gasteiger partial charge is 0.137 e. The van der Waals surface area contributed by atoms with Crippen molar-refractivity contribution in [2.45, 2.75) is 6.92 Å². The van der Waals surface area contributed by atoms with Gasteiger partial charge >= 0.3 is 0 Å². The third kappa shape index (κ3) is 1.46. The Morgan fingerprint density at radius 1 is 1.12 bits per heavy atom. The number of fused-ring (bicyclic) bond motifs is 1. The summed E-state index contributed by atoms with van der Waals surface area (Å²) in [5.41, 5.74) is 4.06. The fraction of sp³-hybridized carbons (Fsp3) is 0.0769. The van der Waals surface area contributed by atoms with Crippen LogP contribution in [0.2, 0.25) is 0 Å². The topological polar surface area (TPSA) is 30.2 Å². The molecule has 0 atom stereocenters. The maximum Gasteiger partial charge on any atom is 0.137 e. The van der Waals surface area contributed by atoms with Gasteiger partial charge in [-0.25, -0.2) is 4.98 Å². The molecule has 78 valence electrons. The molecule has 0 aliphatic heterocycles. The summed E-state index contributed by atoms with van der Waals surface area (Å²) in [6.07, 6.45) is 5.73. The van der Waals surface area contributed by atoms with Crippen molar-refractivity contribution in [1.29, 1.82) is 0 Å². The second kappa shape index (κ2) is 3.45. The first kappa shape index (κ1) is 9.09. The molecule has 3 heterocycles. The molecule has 0 N–H and O–H groups in total. The van der Waals surface area contributed by atoms with E-state index < -0.39 is 0 Å². The highest BCUT2D eigenvalue weighted by Crippen LogP contribution is 2.18. The van der Waals surface area contributed by atoms with Crippen LogP contribution in [0.4, 0.5) is 0 Å². The zero-order valence-electron chi connectivity index (χ0n) is 8.96. The van der Waals surface area contributed by atoms with Gasteiger partial charge in [0.1, 0.15) is 5.65 Å². The molecular formula is C13H11N3. The Labute approximate surface area is 93.4 Å². The van der Waals surface area contributed by atoms with E-state index in [0.717, 1.165) is 22.6 Å². The Hall–Kier alpha value is -2.16. The van der Waals surface area contributed by atoms with Crippen molar-refractivity contribution in [3.63, 3.8) is 0 Å². The van der Waals surface area contributed by atoms with E-state index in [1.807, 2.05) is 48.0 Å². The van der Waals surface area contributed by atoms with Crippen LogP contribution in [0.3, 0.4) is 0 Å². The maximum atomic E-state index is 4.50. The van der Waals surface area contributed by atoms with Gasteiger partial charge in [-0.1, -0.05) is 6.07 Å². The molecule has 0 saturated carbocycles. The van der Waals surface area contributed by atoms with Crippen LogP contribution in [-0.2, 0) is 0 Å². The molecule has 3 heteroatoms. The van der Waals surface area contributed by atoms with Crippen molar-refractivity contribution in [2.24, 2.45) is 0 Å². The van der Waals surface area contributed by atoms with Crippen LogP contribution in [0, 0.1) is 6.92 Å². The highest BCUT2D eigenvalue weighted by Gasteiger charge is 2.01. The molecule has 3 nitrogen and oxygen atoms in total. The van der Waals surface area contributed by atoms with Crippen molar-refractivity contribution in [3.8, 4) is 11.3 Å². The van der Waals surface area contributed by atoms with Crippen LogP contribution in [0.15, 0.2) is 48.9 Å². The van der Waals surface area contributed by atoms with Gasteiger partial charge in [0.15, 0.2) is 0 Å². The van der Waals surface area contributed by atoms with Gasteiger partial charge in [-0.05, 0) is 31.2 Å². The van der Waals surface area contributed by atoms with E-state index in [9.17, 15) is 0 Å². The van der Waals surface area contributed by atoms with Crippen LogP contribution in [0.25, 0.3) is 16.9 Å². The molecule has 0 unspecified atom stereocenters. The summed E-state index contributed by atoms with van der Waals surface area (Å²) in [6, 6.07) is 10.1. The van der Waals surface area contributed by atoms with Crippen molar-refractivity contribution in [2.75, 3.05) is 0 Å². The summed E-state index contributed by atoms with van der Waals surface area (Å²) in [4.78, 5) is 8.76. The average molecular weight is 209 g/mol. The second-order valence-electron chi connectivity index (χ2n) is 3.77. The highest BCUT2D eigenvalue weighted by molar-refractivity contribution is 5.63. The quantitative estimate of drug-likeness (QED) is 0.616. The van der Waals surface area contributed by atoms with Crippen molar-refractivity contribution >= 4 is 5.65 Å². The Bertz CT molecular complexity index is 640. The molecule has 0 aliphatic carbocycles. The van der Waals surface area contributed by atoms with Gasteiger partial charge in [0.25, 0.3) is 0 Å². The number of hydrogen-bond donors (Lipinski definition) is 0. The Morgan fingerprint density at radius 3 is 2.94 bits per heavy atom. The first-order valence-electron chi connectivity index (χ1n) is 5.20. The molecule has 0 spiro atoms. The summed E-state index contributed by atoms with van der Waals surface area (Å²) < 4.78 is 1.99. The summed E-state index contributed by atoms with van der Waals surface area (Å²) in [6.45, 7) is 2.00. The number of aromatic nitrogens is 3. The molecule has 0 amide bonds. The zero-order chi connectivity index (χ0) is 11.0. The molecule has 16 heavy (non-hydrogen) atoms. The van der Waals surface area contributed by atoms with Gasteiger partial charge in [-0.3, -0.25) is 4.98 Å². The van der Waals surface area contributed by atoms with E-state index in [4.69, 9.17) is 0 Å². The van der Waals surface area contributed by atoms with Crippen LogP contribution >= 0.6 is 0 Å². The minimum atomic E-state index is 0.945. The molecule has 3 aromatic rings. The normalized spacial score (nSPS) is 10.8. The maximum absolute atomic E-state index is 4.50. The lowest BCUT2D eigenvalue weighted by Crippen LogP contribution is -1.88. The van der Waals surface area contributed by atoms with Gasteiger partial charge in [-0.15, -0.1) is 0 Å². The van der Waals surface area contributed by atoms with E-state index in [1.165, 1.54) is 0 Å². The van der Waals surface area contributed by atoms with Crippen LogP contribution < -0.4 is 0 Å². The fourth-order valence-electron chi connectivity index (χ4n) is 1.77. The molecular weight excluding hydrogens is 198 g/mol. The predicted molar refractivity (Wildman–Crippen MR) is 63.2 cm³/mol. The van der Waals surface area contributed by atoms with Gasteiger partial charge in [0, 0.05) is 29.8 Å². The minimum absolute atomic E-state index is 0.945. The predicted octanol–water partition coefficient (Wildman–Crippen LogP) is 2.70. The van der Waals surface area contributed by atoms with Gasteiger partial charge in [-0.2, -0.15) is 0 Å². The molecule has 3 aromatic heterocycles. The van der Waals surface area contributed by atoms with E-state index in [-0.39, 0.29) is 0 Å². The lowest BCUT2D eigenvalue weighted by atomic mass is 10.1. The fourth-order valence-corrected chi connectivity index (χ4v) is 1.77. The third-order valence-electron chi connectivity index (χ3n) is 2.58. The van der Waals surface area contributed by atoms with Crippen molar-refractivity contribution in [1.82, 2.24) is 14.4 Å². The van der Waals surface area contributed by atoms with Crippen LogP contribution in [-0.4, -0.2) is 14.4 Å². The van der Waals surface area contributed by atoms with Crippen molar-refractivity contribution < 1.29 is 0 Å². The molecule has 0 aliphatic rings. The third-order valence-corrected chi connectivity index (χ3v) is 2.58. The summed E-state index contributed by atoms with van der Waals surface area (Å²) in [5, 5.41) is 0. The first-order chi connectivity index (χ1) is 7.83. The van der Waals surface area contributed by atoms with Crippen LogP contribution in [0.1, 0.15) is 5.69 Å². The van der Waals surface area contributed by atoms with E-state index in [1.54, 1.807) is 6.20 Å². The lowest BCUT2D eigenvalue weighted by Gasteiger charge is -2.02. The second-order valence-corrected chi connectivity index (χ2v) is 3.77. The first-order valence-corrected chi connectivity index (χ1v) is 5.20. The number of rotatable bonds is 1. The number of imidazole rings is 1. The number of nitrogens with zero attached hydrogens (tertiary/aromatic N) is 3. The molecule has 0 fully saturated rings. The summed E-state index contributed by atoms with van der Waals surface area (Å²) in [5.74, 6) is 0. The highest BCUT2D eigenvalue weighted by atomic mass is 15.0. The zero-order valence-corrected chi connectivity index (χ0v) is 8.96. The number of hydrogen-bond acceptors (Lipinski definition) is 2. The Balaban J connectivity index is 2.18. The molecule has 3 rings (SSSR count). The standard InChI is InChI=1S/C13H11N3/c1-10-3-2-4-12(15-10)11-5-7-16-8-6-14-13(16)9-11/h2-9H,1H3. The van der Waals surface area contributed by atoms with Gasteiger partial charge < -0.3 is 4.40 Å². The molecule has 0 aromatic carbocycles. The van der Waals surface area contributed by atoms with Gasteiger partial charge in [0.2, 0.25) is 0 Å². The average Bonchev–Trinajstić information content (AvgIpc) is 2.75. The van der Waals surface area contributed by atoms with E-state index in [0.29, 0.717) is 0 Å². The summed E-state index contributed by atoms with van der Waals surface area (Å²) >= 11 is 0.